The fourth-order valence-electron chi connectivity index (χ4n) is 5.17. The third kappa shape index (κ3) is 7.34. The highest BCUT2D eigenvalue weighted by molar-refractivity contribution is 5.62. The van der Waals surface area contributed by atoms with Gasteiger partial charge in [-0.25, -0.2) is 14.4 Å². The standard InChI is InChI=1S/C23H32O12/c24-19(31-11-16-8-28-16)27-5-2-15-6-22(34-20(25)32-12-17-9-29-17)3-1-4-23(7-15,14-22)35-21(26)33-13-18-10-30-18/h15-18H,1-14H2. The molecular weight excluding hydrogens is 468 g/mol. The molecule has 0 aromatic heterocycles. The molecule has 0 radical (unpaired) electrons. The lowest BCUT2D eigenvalue weighted by Crippen LogP contribution is -2.56. The molecule has 0 aromatic rings. The molecule has 196 valence electrons. The molecule has 0 N–H and O–H groups in total. The third-order valence-electron chi connectivity index (χ3n) is 6.94. The maximum absolute atomic E-state index is 12.4. The zero-order valence-corrected chi connectivity index (χ0v) is 19.6. The summed E-state index contributed by atoms with van der Waals surface area (Å²) in [7, 11) is 0. The smallest absolute Gasteiger partial charge is 0.434 e. The first kappa shape index (κ1) is 24.4. The Kier molecular flexibility index (Phi) is 7.21. The van der Waals surface area contributed by atoms with E-state index in [1.54, 1.807) is 0 Å². The lowest BCUT2D eigenvalue weighted by molar-refractivity contribution is -0.172. The Hall–Kier alpha value is -2.31. The topological polar surface area (TPSA) is 144 Å². The van der Waals surface area contributed by atoms with Gasteiger partial charge in [-0.05, 0) is 44.4 Å². The second-order valence-electron chi connectivity index (χ2n) is 10.1. The summed E-state index contributed by atoms with van der Waals surface area (Å²) in [5.74, 6) is -0.0252. The molecular formula is C23H32O12. The fourth-order valence-corrected chi connectivity index (χ4v) is 5.17. The maximum atomic E-state index is 12.4. The van der Waals surface area contributed by atoms with Crippen LogP contribution in [0.2, 0.25) is 0 Å². The number of ether oxygens (including phenoxy) is 9. The van der Waals surface area contributed by atoms with E-state index in [0.717, 1.165) is 6.42 Å². The van der Waals surface area contributed by atoms with Crippen LogP contribution in [0.5, 0.6) is 0 Å². The van der Waals surface area contributed by atoms with Crippen LogP contribution >= 0.6 is 0 Å². The first-order valence-electron chi connectivity index (χ1n) is 12.3. The monoisotopic (exact) mass is 500 g/mol. The minimum atomic E-state index is -0.841. The number of hydrogen-bond acceptors (Lipinski definition) is 12. The Bertz CT molecular complexity index is 745. The normalized spacial score (nSPS) is 36.3. The molecule has 2 aliphatic carbocycles. The predicted octanol–water partition coefficient (Wildman–Crippen LogP) is 2.49. The van der Waals surface area contributed by atoms with E-state index in [-0.39, 0.29) is 50.7 Å². The van der Waals surface area contributed by atoms with Gasteiger partial charge in [0.05, 0.1) is 26.4 Å². The van der Waals surface area contributed by atoms with Crippen molar-refractivity contribution < 1.29 is 57.0 Å². The Labute approximate surface area is 202 Å². The Morgan fingerprint density at radius 3 is 1.60 bits per heavy atom. The highest BCUT2D eigenvalue weighted by atomic mass is 16.8. The molecule has 12 heteroatoms. The van der Waals surface area contributed by atoms with E-state index in [2.05, 4.69) is 0 Å². The molecule has 5 rings (SSSR count). The number of carbonyl (C=O) groups excluding carboxylic acids is 3. The van der Waals surface area contributed by atoms with Crippen LogP contribution in [-0.4, -0.2) is 94.2 Å². The first-order valence-corrected chi connectivity index (χ1v) is 12.3. The van der Waals surface area contributed by atoms with Gasteiger partial charge in [0, 0.05) is 6.42 Å². The molecule has 3 aliphatic heterocycles. The van der Waals surface area contributed by atoms with Gasteiger partial charge in [-0.15, -0.1) is 0 Å². The number of fused-ring (bicyclic) bond motifs is 2. The summed E-state index contributed by atoms with van der Waals surface area (Å²) in [5.41, 5.74) is -1.68. The summed E-state index contributed by atoms with van der Waals surface area (Å²) in [6.07, 6.45) is 1.50. The van der Waals surface area contributed by atoms with Gasteiger partial charge < -0.3 is 42.6 Å². The zero-order chi connectivity index (χ0) is 24.3. The Morgan fingerprint density at radius 2 is 1.14 bits per heavy atom. The molecule has 5 fully saturated rings. The van der Waals surface area contributed by atoms with E-state index in [9.17, 15) is 14.4 Å². The van der Waals surface area contributed by atoms with Gasteiger partial charge in [0.1, 0.15) is 49.3 Å². The minimum Gasteiger partial charge on any atom is -0.434 e. The second kappa shape index (κ2) is 10.4. The molecule has 3 saturated heterocycles. The first-order chi connectivity index (χ1) is 16.9. The number of epoxide rings is 3. The van der Waals surface area contributed by atoms with Crippen molar-refractivity contribution in [2.45, 2.75) is 74.5 Å². The summed E-state index contributed by atoms with van der Waals surface area (Å²) < 4.78 is 47.5. The number of hydrogen-bond donors (Lipinski definition) is 0. The van der Waals surface area contributed by atoms with Crippen LogP contribution in [0.25, 0.3) is 0 Å². The van der Waals surface area contributed by atoms with E-state index in [1.165, 1.54) is 0 Å². The lowest BCUT2D eigenvalue weighted by atomic mass is 9.62. The lowest BCUT2D eigenvalue weighted by Gasteiger charge is -2.52. The maximum Gasteiger partial charge on any atom is 0.508 e. The van der Waals surface area contributed by atoms with E-state index in [4.69, 9.17) is 42.6 Å². The van der Waals surface area contributed by atoms with Crippen LogP contribution < -0.4 is 0 Å². The Balaban J connectivity index is 1.18. The summed E-state index contributed by atoms with van der Waals surface area (Å²) >= 11 is 0. The largest absolute Gasteiger partial charge is 0.508 e. The molecule has 0 spiro atoms. The molecule has 12 nitrogen and oxygen atoms in total. The van der Waals surface area contributed by atoms with Crippen LogP contribution in [0.4, 0.5) is 14.4 Å². The molecule has 2 saturated carbocycles. The molecule has 2 bridgehead atoms. The average molecular weight is 500 g/mol. The molecule has 0 amide bonds. The van der Waals surface area contributed by atoms with Gasteiger partial charge >= 0.3 is 18.5 Å². The van der Waals surface area contributed by atoms with Crippen molar-refractivity contribution in [2.75, 3.05) is 46.2 Å². The van der Waals surface area contributed by atoms with Crippen molar-refractivity contribution in [3.05, 3.63) is 0 Å². The number of carbonyl (C=O) groups is 3. The molecule has 5 aliphatic rings. The number of rotatable bonds is 11. The molecule has 3 heterocycles. The third-order valence-corrected chi connectivity index (χ3v) is 6.94. The van der Waals surface area contributed by atoms with Crippen molar-refractivity contribution >= 4 is 18.5 Å². The van der Waals surface area contributed by atoms with Gasteiger partial charge in [0.2, 0.25) is 0 Å². The van der Waals surface area contributed by atoms with E-state index >= 15 is 0 Å². The van der Waals surface area contributed by atoms with Crippen LogP contribution in [-0.2, 0) is 42.6 Å². The van der Waals surface area contributed by atoms with E-state index < -0.39 is 29.7 Å². The highest BCUT2D eigenvalue weighted by Crippen LogP contribution is 2.52. The molecule has 5 atom stereocenters. The van der Waals surface area contributed by atoms with Gasteiger partial charge in [-0.2, -0.15) is 0 Å². The molecule has 5 unspecified atom stereocenters. The van der Waals surface area contributed by atoms with Crippen molar-refractivity contribution in [1.29, 1.82) is 0 Å². The predicted molar refractivity (Wildman–Crippen MR) is 113 cm³/mol. The van der Waals surface area contributed by atoms with Gasteiger partial charge in [0.25, 0.3) is 0 Å². The van der Waals surface area contributed by atoms with Gasteiger partial charge in [-0.1, -0.05) is 0 Å². The van der Waals surface area contributed by atoms with Crippen molar-refractivity contribution in [3.8, 4) is 0 Å². The van der Waals surface area contributed by atoms with Crippen LogP contribution in [0.1, 0.15) is 44.9 Å². The van der Waals surface area contributed by atoms with Crippen LogP contribution in [0, 0.1) is 5.92 Å². The molecule has 0 aromatic carbocycles. The average Bonchev–Trinajstić information content (AvgIpc) is 3.67. The summed E-state index contributed by atoms with van der Waals surface area (Å²) in [5, 5.41) is 0. The van der Waals surface area contributed by atoms with Gasteiger partial charge in [-0.3, -0.25) is 0 Å². The highest BCUT2D eigenvalue weighted by Gasteiger charge is 2.56. The quantitative estimate of drug-likeness (QED) is 0.233. The fraction of sp³-hybridized carbons (Fsp3) is 0.870. The Morgan fingerprint density at radius 1 is 0.686 bits per heavy atom. The van der Waals surface area contributed by atoms with E-state index in [1.807, 2.05) is 0 Å². The SMILES string of the molecule is O=C(OCCC1CC2(OC(=O)OCC3CO3)CCCC(OC(=O)OCC3CO3)(C1)C2)OCC1CO1. The summed E-state index contributed by atoms with van der Waals surface area (Å²) in [6.45, 7) is 2.34. The van der Waals surface area contributed by atoms with Crippen molar-refractivity contribution in [2.24, 2.45) is 5.92 Å². The second-order valence-corrected chi connectivity index (χ2v) is 10.1. The molecule has 35 heavy (non-hydrogen) atoms. The van der Waals surface area contributed by atoms with Crippen molar-refractivity contribution in [1.82, 2.24) is 0 Å². The van der Waals surface area contributed by atoms with Crippen LogP contribution in [0.3, 0.4) is 0 Å². The van der Waals surface area contributed by atoms with Gasteiger partial charge in [0.15, 0.2) is 0 Å². The van der Waals surface area contributed by atoms with Crippen LogP contribution in [0.15, 0.2) is 0 Å². The zero-order valence-electron chi connectivity index (χ0n) is 19.6. The minimum absolute atomic E-state index is 0.0252. The van der Waals surface area contributed by atoms with Crippen molar-refractivity contribution in [3.63, 3.8) is 0 Å². The summed E-state index contributed by atoms with van der Waals surface area (Å²) in [6, 6.07) is 0. The summed E-state index contributed by atoms with van der Waals surface area (Å²) in [4.78, 5) is 36.7. The van der Waals surface area contributed by atoms with E-state index in [0.29, 0.717) is 58.3 Å².